The number of rotatable bonds is 4. The van der Waals surface area contributed by atoms with Crippen LogP contribution in [-0.2, 0) is 6.42 Å². The lowest BCUT2D eigenvalue weighted by atomic mass is 9.99. The van der Waals surface area contributed by atoms with E-state index < -0.39 is 0 Å². The first-order valence-electron chi connectivity index (χ1n) is 6.67. The molecule has 1 aliphatic heterocycles. The van der Waals surface area contributed by atoms with Crippen molar-refractivity contribution in [3.63, 3.8) is 0 Å². The summed E-state index contributed by atoms with van der Waals surface area (Å²) < 4.78 is 0. The summed E-state index contributed by atoms with van der Waals surface area (Å²) in [6.45, 7) is 4.51. The van der Waals surface area contributed by atoms with E-state index in [1.54, 1.807) is 6.21 Å². The topological polar surface area (TPSA) is 53.6 Å². The van der Waals surface area contributed by atoms with Gasteiger partial charge in [0.2, 0.25) is 0 Å². The van der Waals surface area contributed by atoms with Crippen LogP contribution in [0.2, 0.25) is 0 Å². The van der Waals surface area contributed by atoms with Crippen molar-refractivity contribution in [1.29, 1.82) is 0 Å². The van der Waals surface area contributed by atoms with Gasteiger partial charge in [-0.05, 0) is 54.7 Å². The maximum atomic E-state index is 5.32. The zero-order valence-corrected chi connectivity index (χ0v) is 12.0. The maximum absolute atomic E-state index is 5.32. The molecule has 0 saturated carbocycles. The van der Waals surface area contributed by atoms with Gasteiger partial charge < -0.3 is 10.6 Å². The van der Waals surface area contributed by atoms with Crippen LogP contribution in [0.1, 0.15) is 30.9 Å². The van der Waals surface area contributed by atoms with Crippen molar-refractivity contribution in [2.75, 3.05) is 18.0 Å². The molecule has 102 valence electrons. The highest BCUT2D eigenvalue weighted by atomic mass is 32.1. The minimum atomic E-state index is 0.184. The Morgan fingerprint density at radius 3 is 3.16 bits per heavy atom. The van der Waals surface area contributed by atoms with Crippen LogP contribution < -0.4 is 16.1 Å². The van der Waals surface area contributed by atoms with Crippen LogP contribution in [0.3, 0.4) is 0 Å². The monoisotopic (exact) mass is 276 g/mol. The van der Waals surface area contributed by atoms with Gasteiger partial charge in [-0.25, -0.2) is 0 Å². The largest absolute Gasteiger partial charge is 0.375 e. The first kappa shape index (κ1) is 13.8. The SMILES string of the molecule is CCCN1CCCc2cc(C=NNC(N)=S)ccc21. The first-order chi connectivity index (χ1) is 9.20. The van der Waals surface area contributed by atoms with Gasteiger partial charge in [0, 0.05) is 18.8 Å². The molecule has 5 heteroatoms. The number of thiocarbonyl (C=S) groups is 1. The van der Waals surface area contributed by atoms with E-state index in [9.17, 15) is 0 Å². The lowest BCUT2D eigenvalue weighted by molar-refractivity contribution is 0.681. The van der Waals surface area contributed by atoms with Gasteiger partial charge in [-0.1, -0.05) is 13.0 Å². The van der Waals surface area contributed by atoms with Gasteiger partial charge in [0.05, 0.1) is 6.21 Å². The molecule has 1 aliphatic rings. The Labute approximate surface area is 119 Å². The third kappa shape index (κ3) is 3.67. The van der Waals surface area contributed by atoms with Crippen molar-refractivity contribution in [2.45, 2.75) is 26.2 Å². The Morgan fingerprint density at radius 2 is 2.42 bits per heavy atom. The van der Waals surface area contributed by atoms with E-state index >= 15 is 0 Å². The van der Waals surface area contributed by atoms with Crippen molar-refractivity contribution < 1.29 is 0 Å². The number of hydrogen-bond donors (Lipinski definition) is 2. The molecule has 1 heterocycles. The Kier molecular flexibility index (Phi) is 4.74. The van der Waals surface area contributed by atoms with Gasteiger partial charge >= 0.3 is 0 Å². The van der Waals surface area contributed by atoms with E-state index in [0.717, 1.165) is 25.1 Å². The van der Waals surface area contributed by atoms with E-state index in [0.29, 0.717) is 0 Å². The second-order valence-electron chi connectivity index (χ2n) is 4.71. The summed E-state index contributed by atoms with van der Waals surface area (Å²) in [4.78, 5) is 2.47. The summed E-state index contributed by atoms with van der Waals surface area (Å²) in [7, 11) is 0. The van der Waals surface area contributed by atoms with Crippen LogP contribution >= 0.6 is 12.2 Å². The fourth-order valence-electron chi connectivity index (χ4n) is 2.45. The van der Waals surface area contributed by atoms with Crippen LogP contribution in [0, 0.1) is 0 Å². The van der Waals surface area contributed by atoms with Crippen LogP contribution in [0.5, 0.6) is 0 Å². The highest BCUT2D eigenvalue weighted by Crippen LogP contribution is 2.27. The number of fused-ring (bicyclic) bond motifs is 1. The van der Waals surface area contributed by atoms with Gasteiger partial charge in [-0.15, -0.1) is 0 Å². The molecule has 0 aromatic heterocycles. The van der Waals surface area contributed by atoms with Gasteiger partial charge in [0.15, 0.2) is 5.11 Å². The number of nitrogens with one attached hydrogen (secondary N) is 1. The molecule has 0 saturated heterocycles. The van der Waals surface area contributed by atoms with Gasteiger partial charge in [-0.2, -0.15) is 5.10 Å². The Morgan fingerprint density at radius 1 is 1.58 bits per heavy atom. The zero-order valence-electron chi connectivity index (χ0n) is 11.2. The molecule has 0 spiro atoms. The van der Waals surface area contributed by atoms with E-state index in [1.807, 2.05) is 0 Å². The molecule has 4 nitrogen and oxygen atoms in total. The van der Waals surface area contributed by atoms with Crippen molar-refractivity contribution in [1.82, 2.24) is 5.43 Å². The fourth-order valence-corrected chi connectivity index (χ4v) is 2.50. The second kappa shape index (κ2) is 6.52. The molecule has 0 bridgehead atoms. The molecule has 3 N–H and O–H groups in total. The highest BCUT2D eigenvalue weighted by Gasteiger charge is 2.15. The average molecular weight is 276 g/mol. The second-order valence-corrected chi connectivity index (χ2v) is 5.15. The summed E-state index contributed by atoms with van der Waals surface area (Å²) >= 11 is 4.70. The molecule has 0 aliphatic carbocycles. The minimum Gasteiger partial charge on any atom is -0.375 e. The third-order valence-corrected chi connectivity index (χ3v) is 3.29. The molecule has 1 aromatic carbocycles. The predicted molar refractivity (Wildman–Crippen MR) is 84.8 cm³/mol. The summed E-state index contributed by atoms with van der Waals surface area (Å²) in [6, 6.07) is 6.46. The molecular weight excluding hydrogens is 256 g/mol. The van der Waals surface area contributed by atoms with E-state index in [4.69, 9.17) is 18.0 Å². The van der Waals surface area contributed by atoms with Gasteiger partial charge in [-0.3, -0.25) is 5.43 Å². The number of nitrogens with zero attached hydrogens (tertiary/aromatic N) is 2. The molecule has 0 unspecified atom stereocenters. The quantitative estimate of drug-likeness (QED) is 0.502. The predicted octanol–water partition coefficient (Wildman–Crippen LogP) is 2.02. The van der Waals surface area contributed by atoms with Crippen molar-refractivity contribution in [2.24, 2.45) is 10.8 Å². The zero-order chi connectivity index (χ0) is 13.7. The van der Waals surface area contributed by atoms with Crippen molar-refractivity contribution >= 4 is 29.2 Å². The molecule has 1 aromatic rings. The van der Waals surface area contributed by atoms with Crippen LogP contribution in [0.25, 0.3) is 0 Å². The van der Waals surface area contributed by atoms with E-state index in [2.05, 4.69) is 40.5 Å². The van der Waals surface area contributed by atoms with Crippen LogP contribution in [0.4, 0.5) is 5.69 Å². The van der Waals surface area contributed by atoms with Crippen molar-refractivity contribution in [3.8, 4) is 0 Å². The number of benzene rings is 1. The average Bonchev–Trinajstić information content (AvgIpc) is 2.39. The highest BCUT2D eigenvalue weighted by molar-refractivity contribution is 7.80. The summed E-state index contributed by atoms with van der Waals surface area (Å²) in [5.41, 5.74) is 11.7. The number of aryl methyl sites for hydroxylation is 1. The van der Waals surface area contributed by atoms with Crippen molar-refractivity contribution in [3.05, 3.63) is 29.3 Å². The molecule has 0 atom stereocenters. The number of hydrogen-bond acceptors (Lipinski definition) is 3. The molecule has 0 fully saturated rings. The lowest BCUT2D eigenvalue weighted by Crippen LogP contribution is -2.30. The Hall–Kier alpha value is -1.62. The summed E-state index contributed by atoms with van der Waals surface area (Å²) in [5.74, 6) is 0. The maximum Gasteiger partial charge on any atom is 0.184 e. The first-order valence-corrected chi connectivity index (χ1v) is 7.08. The molecule has 0 amide bonds. The smallest absolute Gasteiger partial charge is 0.184 e. The van der Waals surface area contributed by atoms with Gasteiger partial charge in [0.25, 0.3) is 0 Å². The molecule has 0 radical (unpaired) electrons. The number of hydrazone groups is 1. The Balaban J connectivity index is 2.14. The van der Waals surface area contributed by atoms with E-state index in [-0.39, 0.29) is 5.11 Å². The molecule has 2 rings (SSSR count). The molecular formula is C14H20N4S. The number of nitrogens with two attached hydrogens (primary N) is 1. The molecule has 19 heavy (non-hydrogen) atoms. The standard InChI is InChI=1S/C14H20N4S/c1-2-7-18-8-3-4-12-9-11(5-6-13(12)18)10-16-17-14(15)19/h5-6,9-10H,2-4,7-8H2,1H3,(H3,15,17,19). The summed E-state index contributed by atoms with van der Waals surface area (Å²) in [5, 5.41) is 4.17. The van der Waals surface area contributed by atoms with Crippen LogP contribution in [-0.4, -0.2) is 24.4 Å². The van der Waals surface area contributed by atoms with Crippen LogP contribution in [0.15, 0.2) is 23.3 Å². The third-order valence-electron chi connectivity index (χ3n) is 3.20. The lowest BCUT2D eigenvalue weighted by Gasteiger charge is -2.31. The minimum absolute atomic E-state index is 0.184. The summed E-state index contributed by atoms with van der Waals surface area (Å²) in [6.07, 6.45) is 5.29. The van der Waals surface area contributed by atoms with Gasteiger partial charge in [0.1, 0.15) is 0 Å². The normalized spacial score (nSPS) is 14.5. The van der Waals surface area contributed by atoms with E-state index in [1.165, 1.54) is 24.1 Å². The fraction of sp³-hybridized carbons (Fsp3) is 0.429. The number of anilines is 1. The Bertz CT molecular complexity index is 484.